The summed E-state index contributed by atoms with van der Waals surface area (Å²) in [5.41, 5.74) is 0.480. The second-order valence-corrected chi connectivity index (χ2v) is 5.81. The molecule has 0 aliphatic rings. The molecule has 0 aliphatic heterocycles. The van der Waals surface area contributed by atoms with E-state index in [0.29, 0.717) is 5.69 Å². The number of hydrogen-bond donors (Lipinski definition) is 3. The van der Waals surface area contributed by atoms with Crippen molar-refractivity contribution in [1.82, 2.24) is 14.7 Å². The fraction of sp³-hybridized carbons (Fsp3) is 0.500. The van der Waals surface area contributed by atoms with Crippen molar-refractivity contribution in [2.45, 2.75) is 18.9 Å². The number of aromatic nitrogens is 2. The second-order valence-electron chi connectivity index (χ2n) is 3.93. The van der Waals surface area contributed by atoms with Crippen LogP contribution in [0.5, 0.6) is 0 Å². The lowest BCUT2D eigenvalue weighted by molar-refractivity contribution is -0.140. The fourth-order valence-electron chi connectivity index (χ4n) is 1.39. The van der Waals surface area contributed by atoms with Gasteiger partial charge in [-0.05, 0) is 0 Å². The van der Waals surface area contributed by atoms with Gasteiger partial charge < -0.3 is 14.8 Å². The minimum Gasteiger partial charge on any atom is -0.480 e. The van der Waals surface area contributed by atoms with Gasteiger partial charge in [0.15, 0.2) is 0 Å². The van der Waals surface area contributed by atoms with E-state index in [0.717, 1.165) is 7.11 Å². The Morgan fingerprint density at radius 2 is 2.25 bits per heavy atom. The zero-order valence-corrected chi connectivity index (χ0v) is 11.5. The number of carboxylic acid groups (broad SMARTS) is 1. The summed E-state index contributed by atoms with van der Waals surface area (Å²) >= 11 is 0. The maximum Gasteiger partial charge on any atom is 0.322 e. The van der Waals surface area contributed by atoms with Gasteiger partial charge in [0.1, 0.15) is 6.04 Å². The van der Waals surface area contributed by atoms with E-state index in [1.54, 1.807) is 0 Å². The highest BCUT2D eigenvalue weighted by Gasteiger charge is 2.25. The normalized spacial score (nSPS) is 12.8. The van der Waals surface area contributed by atoms with E-state index < -0.39 is 33.8 Å². The van der Waals surface area contributed by atoms with E-state index in [2.05, 4.69) is 14.7 Å². The van der Waals surface area contributed by atoms with Crippen LogP contribution in [0.15, 0.2) is 12.5 Å². The number of sulfonamides is 1. The number of nitrogens with zero attached hydrogens (tertiary/aromatic N) is 1. The maximum atomic E-state index is 11.7. The third-order valence-corrected chi connectivity index (χ3v) is 3.79. The predicted octanol–water partition coefficient (Wildman–Crippen LogP) is -1.11. The number of carbonyl (C=O) groups is 2. The first-order valence-electron chi connectivity index (χ1n) is 5.61. The van der Waals surface area contributed by atoms with Gasteiger partial charge in [-0.15, -0.1) is 0 Å². The molecule has 0 bridgehead atoms. The van der Waals surface area contributed by atoms with Crippen molar-refractivity contribution in [3.05, 3.63) is 18.2 Å². The van der Waals surface area contributed by atoms with Gasteiger partial charge in [0.05, 0.1) is 25.6 Å². The molecule has 112 valence electrons. The molecule has 0 aromatic carbocycles. The lowest BCUT2D eigenvalue weighted by atomic mass is 10.2. The quantitative estimate of drug-likeness (QED) is 0.517. The smallest absolute Gasteiger partial charge is 0.322 e. The molecule has 9 nitrogen and oxygen atoms in total. The Morgan fingerprint density at radius 3 is 2.75 bits per heavy atom. The van der Waals surface area contributed by atoms with Crippen molar-refractivity contribution in [2.24, 2.45) is 0 Å². The Bertz CT molecular complexity index is 554. The third kappa shape index (κ3) is 5.36. The number of aliphatic carboxylic acids is 1. The number of H-pyrrole nitrogens is 1. The van der Waals surface area contributed by atoms with Crippen molar-refractivity contribution in [1.29, 1.82) is 0 Å². The van der Waals surface area contributed by atoms with Crippen LogP contribution in [0.1, 0.15) is 12.1 Å². The monoisotopic (exact) mass is 305 g/mol. The van der Waals surface area contributed by atoms with Gasteiger partial charge >= 0.3 is 11.9 Å². The predicted molar refractivity (Wildman–Crippen MR) is 67.3 cm³/mol. The van der Waals surface area contributed by atoms with Crippen molar-refractivity contribution in [2.75, 3.05) is 12.9 Å². The van der Waals surface area contributed by atoms with Gasteiger partial charge in [0.2, 0.25) is 10.0 Å². The van der Waals surface area contributed by atoms with Crippen LogP contribution in [0.2, 0.25) is 0 Å². The second kappa shape index (κ2) is 7.01. The number of hydrogen-bond acceptors (Lipinski definition) is 6. The molecule has 1 aromatic rings. The van der Waals surface area contributed by atoms with Crippen LogP contribution in [-0.2, 0) is 30.8 Å². The summed E-state index contributed by atoms with van der Waals surface area (Å²) in [5.74, 6) is -2.54. The molecule has 3 N–H and O–H groups in total. The number of methoxy groups -OCH3 is 1. The van der Waals surface area contributed by atoms with Crippen LogP contribution in [0, 0.1) is 0 Å². The van der Waals surface area contributed by atoms with E-state index in [-0.39, 0.29) is 12.8 Å². The first-order chi connectivity index (χ1) is 9.34. The van der Waals surface area contributed by atoms with E-state index in [1.165, 1.54) is 12.5 Å². The Balaban J connectivity index is 2.65. The van der Waals surface area contributed by atoms with Gasteiger partial charge in [0.25, 0.3) is 0 Å². The summed E-state index contributed by atoms with van der Waals surface area (Å²) in [6.45, 7) is 0. The number of nitrogens with one attached hydrogen (secondary N) is 2. The first kappa shape index (κ1) is 16.1. The molecule has 1 heterocycles. The SMILES string of the molecule is COC(=O)CCS(=O)(=O)N[C@@H](Cc1cnc[nH]1)C(=O)O. The van der Waals surface area contributed by atoms with Gasteiger partial charge in [-0.2, -0.15) is 0 Å². The minimum absolute atomic E-state index is 0.0766. The van der Waals surface area contributed by atoms with Gasteiger partial charge in [-0.25, -0.2) is 18.1 Å². The lowest BCUT2D eigenvalue weighted by Gasteiger charge is -2.13. The zero-order chi connectivity index (χ0) is 15.2. The molecule has 0 spiro atoms. The number of ether oxygens (including phenoxy) is 1. The van der Waals surface area contributed by atoms with Crippen molar-refractivity contribution >= 4 is 22.0 Å². The highest BCUT2D eigenvalue weighted by atomic mass is 32.2. The summed E-state index contributed by atoms with van der Waals surface area (Å²) in [5, 5.41) is 9.01. The Hall–Kier alpha value is -1.94. The van der Waals surface area contributed by atoms with Crippen molar-refractivity contribution < 1.29 is 27.9 Å². The standard InChI is InChI=1S/C10H15N3O6S/c1-19-9(14)2-3-20(17,18)13-8(10(15)16)4-7-5-11-6-12-7/h5-6,8,13H,2-4H2,1H3,(H,11,12)(H,15,16)/t8-/m0/s1. The number of aromatic amines is 1. The third-order valence-electron chi connectivity index (χ3n) is 2.40. The maximum absolute atomic E-state index is 11.7. The zero-order valence-electron chi connectivity index (χ0n) is 10.7. The summed E-state index contributed by atoms with van der Waals surface area (Å²) in [4.78, 5) is 28.3. The number of imidazole rings is 1. The average molecular weight is 305 g/mol. The molecule has 0 saturated heterocycles. The largest absolute Gasteiger partial charge is 0.480 e. The van der Waals surface area contributed by atoms with Gasteiger partial charge in [-0.1, -0.05) is 0 Å². The van der Waals surface area contributed by atoms with E-state index >= 15 is 0 Å². The van der Waals surface area contributed by atoms with E-state index in [4.69, 9.17) is 5.11 Å². The summed E-state index contributed by atoms with van der Waals surface area (Å²) in [7, 11) is -2.76. The van der Waals surface area contributed by atoms with Gasteiger partial charge in [-0.3, -0.25) is 9.59 Å². The van der Waals surface area contributed by atoms with Crippen LogP contribution in [0.3, 0.4) is 0 Å². The van der Waals surface area contributed by atoms with Crippen molar-refractivity contribution in [3.63, 3.8) is 0 Å². The van der Waals surface area contributed by atoms with Crippen LogP contribution in [-0.4, -0.2) is 54.3 Å². The molecule has 0 radical (unpaired) electrons. The molecule has 20 heavy (non-hydrogen) atoms. The molecule has 1 aromatic heterocycles. The Labute approximate surface area is 115 Å². The number of rotatable bonds is 8. The molecule has 1 atom stereocenters. The first-order valence-corrected chi connectivity index (χ1v) is 7.26. The lowest BCUT2D eigenvalue weighted by Crippen LogP contribution is -2.43. The molecule has 1 rings (SSSR count). The molecule has 0 unspecified atom stereocenters. The minimum atomic E-state index is -3.90. The fourth-order valence-corrected chi connectivity index (χ4v) is 2.56. The summed E-state index contributed by atoms with van der Waals surface area (Å²) in [6, 6.07) is -1.34. The summed E-state index contributed by atoms with van der Waals surface area (Å²) < 4.78 is 29.7. The highest BCUT2D eigenvalue weighted by molar-refractivity contribution is 7.89. The topological polar surface area (TPSA) is 138 Å². The van der Waals surface area contributed by atoms with E-state index in [1.807, 2.05) is 4.72 Å². The number of carbonyl (C=O) groups excluding carboxylic acids is 1. The molecular formula is C10H15N3O6S. The number of carboxylic acids is 1. The Morgan fingerprint density at radius 1 is 1.55 bits per heavy atom. The van der Waals surface area contributed by atoms with Crippen molar-refractivity contribution in [3.8, 4) is 0 Å². The number of esters is 1. The van der Waals surface area contributed by atoms with Crippen LogP contribution in [0.25, 0.3) is 0 Å². The van der Waals surface area contributed by atoms with Crippen LogP contribution >= 0.6 is 0 Å². The van der Waals surface area contributed by atoms with Crippen LogP contribution < -0.4 is 4.72 Å². The van der Waals surface area contributed by atoms with Gasteiger partial charge in [0, 0.05) is 18.3 Å². The Kier molecular flexibility index (Phi) is 5.65. The molecule has 0 saturated carbocycles. The summed E-state index contributed by atoms with van der Waals surface area (Å²) in [6.07, 6.45) is 2.34. The molecule has 0 fully saturated rings. The molecule has 0 amide bonds. The average Bonchev–Trinajstić information content (AvgIpc) is 2.87. The van der Waals surface area contributed by atoms with Crippen LogP contribution in [0.4, 0.5) is 0 Å². The van der Waals surface area contributed by atoms with E-state index in [9.17, 15) is 18.0 Å². The molecular weight excluding hydrogens is 290 g/mol. The molecule has 0 aliphatic carbocycles. The highest BCUT2D eigenvalue weighted by Crippen LogP contribution is 2.02. The molecule has 10 heteroatoms.